The minimum Gasteiger partial charge on any atom is -0.290 e. The smallest absolute Gasteiger partial charge is 0.187 e. The Kier molecular flexibility index (Phi) is 4.21. The summed E-state index contributed by atoms with van der Waals surface area (Å²) in [4.78, 5) is 49.4. The number of carbonyl (C=O) groups excluding carboxylic acids is 4. The predicted octanol–water partition coefficient (Wildman–Crippen LogP) is 3.09. The maximum atomic E-state index is 12.4. The molecule has 0 amide bonds. The Morgan fingerprint density at radius 3 is 1.04 bits per heavy atom. The van der Waals surface area contributed by atoms with Crippen LogP contribution in [0.2, 0.25) is 0 Å². The first-order chi connectivity index (χ1) is 10.8. The summed E-state index contributed by atoms with van der Waals surface area (Å²) in [5.74, 6) is -1.44. The summed E-state index contributed by atoms with van der Waals surface area (Å²) >= 11 is 0. The topological polar surface area (TPSA) is 68.3 Å². The number of rotatable bonds is 1. The first-order valence-electron chi connectivity index (χ1n) is 7.88. The quantitative estimate of drug-likeness (QED) is 0.694. The lowest BCUT2D eigenvalue weighted by molar-refractivity contribution is -0.117. The van der Waals surface area contributed by atoms with Crippen LogP contribution < -0.4 is 0 Å². The lowest BCUT2D eigenvalue weighted by Gasteiger charge is -2.26. The fraction of sp³-hybridized carbons (Fsp3) is 0.400. The summed E-state index contributed by atoms with van der Waals surface area (Å²) in [6, 6.07) is 0. The minimum atomic E-state index is -0.463. The average Bonchev–Trinajstić information content (AvgIpc) is 2.41. The summed E-state index contributed by atoms with van der Waals surface area (Å²) in [7, 11) is 0. The summed E-state index contributed by atoms with van der Waals surface area (Å²) in [5.41, 5.74) is -0.134. The minimum absolute atomic E-state index is 0.00411. The molecule has 0 saturated heterocycles. The van der Waals surface area contributed by atoms with E-state index in [0.717, 1.165) is 0 Å². The highest BCUT2D eigenvalue weighted by atomic mass is 16.1. The van der Waals surface area contributed by atoms with Crippen LogP contribution in [-0.4, -0.2) is 23.1 Å². The number of hydrogen-bond donors (Lipinski definition) is 0. The van der Waals surface area contributed by atoms with Gasteiger partial charge in [-0.15, -0.1) is 0 Å². The molecule has 0 aliphatic heterocycles. The standard InChI is InChI=1S/C20H22O4/c1-19(2,3)13-9-15(21)11(7-17(13)23)12-8-18(24)14(10-16(12)22)20(4,5)6/h7-10H,1-6H3. The van der Waals surface area contributed by atoms with Crippen LogP contribution in [0.15, 0.2) is 46.6 Å². The highest BCUT2D eigenvalue weighted by Gasteiger charge is 2.34. The van der Waals surface area contributed by atoms with Gasteiger partial charge < -0.3 is 0 Å². The van der Waals surface area contributed by atoms with E-state index in [1.54, 1.807) is 0 Å². The number of hydrogen-bond acceptors (Lipinski definition) is 4. The van der Waals surface area contributed by atoms with Gasteiger partial charge in [0.15, 0.2) is 23.1 Å². The third-order valence-electron chi connectivity index (χ3n) is 4.07. The van der Waals surface area contributed by atoms with Crippen LogP contribution >= 0.6 is 0 Å². The van der Waals surface area contributed by atoms with Crippen molar-refractivity contribution >= 4 is 23.1 Å². The molecule has 0 aromatic carbocycles. The van der Waals surface area contributed by atoms with Crippen molar-refractivity contribution in [1.29, 1.82) is 0 Å². The number of ketones is 4. The van der Waals surface area contributed by atoms with Gasteiger partial charge in [0.05, 0.1) is 0 Å². The molecule has 0 heterocycles. The predicted molar refractivity (Wildman–Crippen MR) is 91.3 cm³/mol. The van der Waals surface area contributed by atoms with Gasteiger partial charge in [-0.3, -0.25) is 19.2 Å². The van der Waals surface area contributed by atoms with E-state index < -0.39 is 22.4 Å². The Morgan fingerprint density at radius 2 is 0.792 bits per heavy atom. The molecule has 0 unspecified atom stereocenters. The second kappa shape index (κ2) is 5.62. The van der Waals surface area contributed by atoms with E-state index in [1.807, 2.05) is 41.5 Å². The van der Waals surface area contributed by atoms with Crippen LogP contribution in [0, 0.1) is 10.8 Å². The Labute approximate surface area is 142 Å². The normalized spacial score (nSPS) is 19.8. The Morgan fingerprint density at radius 1 is 0.500 bits per heavy atom. The van der Waals surface area contributed by atoms with Gasteiger partial charge in [-0.1, -0.05) is 41.5 Å². The van der Waals surface area contributed by atoms with Gasteiger partial charge in [0, 0.05) is 22.3 Å². The fourth-order valence-electron chi connectivity index (χ4n) is 2.71. The lowest BCUT2D eigenvalue weighted by Crippen LogP contribution is -2.27. The van der Waals surface area contributed by atoms with E-state index in [9.17, 15) is 19.2 Å². The molecule has 0 saturated carbocycles. The molecular formula is C20H22O4. The molecule has 0 aromatic rings. The van der Waals surface area contributed by atoms with Crippen molar-refractivity contribution in [2.24, 2.45) is 10.8 Å². The third kappa shape index (κ3) is 3.28. The monoisotopic (exact) mass is 326 g/mol. The van der Waals surface area contributed by atoms with Gasteiger partial charge in [-0.2, -0.15) is 0 Å². The summed E-state index contributed by atoms with van der Waals surface area (Å²) in [6.07, 6.45) is 4.91. The molecule has 0 fully saturated rings. The van der Waals surface area contributed by atoms with E-state index in [-0.39, 0.29) is 22.7 Å². The molecule has 2 aliphatic rings. The second-order valence-electron chi connectivity index (χ2n) is 8.19. The van der Waals surface area contributed by atoms with Crippen molar-refractivity contribution < 1.29 is 19.2 Å². The largest absolute Gasteiger partial charge is 0.290 e. The van der Waals surface area contributed by atoms with Gasteiger partial charge in [0.2, 0.25) is 0 Å². The Balaban J connectivity index is 2.42. The molecule has 2 rings (SSSR count). The van der Waals surface area contributed by atoms with Crippen LogP contribution in [0.5, 0.6) is 0 Å². The van der Waals surface area contributed by atoms with E-state index in [0.29, 0.717) is 11.1 Å². The zero-order valence-electron chi connectivity index (χ0n) is 14.9. The van der Waals surface area contributed by atoms with Crippen molar-refractivity contribution in [3.05, 3.63) is 46.6 Å². The van der Waals surface area contributed by atoms with Gasteiger partial charge in [-0.25, -0.2) is 0 Å². The third-order valence-corrected chi connectivity index (χ3v) is 4.07. The van der Waals surface area contributed by atoms with E-state index >= 15 is 0 Å². The van der Waals surface area contributed by atoms with E-state index in [4.69, 9.17) is 0 Å². The van der Waals surface area contributed by atoms with Crippen molar-refractivity contribution in [3.63, 3.8) is 0 Å². The molecule has 4 heteroatoms. The molecule has 0 spiro atoms. The first kappa shape index (κ1) is 18.0. The van der Waals surface area contributed by atoms with Crippen LogP contribution in [0.3, 0.4) is 0 Å². The van der Waals surface area contributed by atoms with Crippen molar-refractivity contribution in [2.75, 3.05) is 0 Å². The van der Waals surface area contributed by atoms with Crippen molar-refractivity contribution in [2.45, 2.75) is 41.5 Å². The van der Waals surface area contributed by atoms with Crippen molar-refractivity contribution in [1.82, 2.24) is 0 Å². The van der Waals surface area contributed by atoms with Crippen LogP contribution in [0.1, 0.15) is 41.5 Å². The van der Waals surface area contributed by atoms with Crippen LogP contribution in [0.25, 0.3) is 0 Å². The Hall–Kier alpha value is -2.36. The van der Waals surface area contributed by atoms with Gasteiger partial charge in [0.1, 0.15) is 0 Å². The van der Waals surface area contributed by atoms with E-state index in [1.165, 1.54) is 24.3 Å². The van der Waals surface area contributed by atoms with Crippen molar-refractivity contribution in [3.8, 4) is 0 Å². The molecule has 4 nitrogen and oxygen atoms in total. The maximum Gasteiger partial charge on any atom is 0.187 e. The molecular weight excluding hydrogens is 304 g/mol. The molecule has 0 aromatic heterocycles. The summed E-state index contributed by atoms with van der Waals surface area (Å²) in [6.45, 7) is 11.1. The van der Waals surface area contributed by atoms with E-state index in [2.05, 4.69) is 0 Å². The number of carbonyl (C=O) groups is 4. The summed E-state index contributed by atoms with van der Waals surface area (Å²) < 4.78 is 0. The summed E-state index contributed by atoms with van der Waals surface area (Å²) in [5, 5.41) is 0. The first-order valence-corrected chi connectivity index (χ1v) is 7.88. The fourth-order valence-corrected chi connectivity index (χ4v) is 2.71. The zero-order chi connectivity index (χ0) is 18.4. The molecule has 0 N–H and O–H groups in total. The molecule has 0 radical (unpaired) electrons. The molecule has 126 valence electrons. The lowest BCUT2D eigenvalue weighted by atomic mass is 9.76. The average molecular weight is 326 g/mol. The van der Waals surface area contributed by atoms with Gasteiger partial charge >= 0.3 is 0 Å². The SMILES string of the molecule is CC(C)(C)C1=CC(=O)C(C2=CC(=O)C(C(C)(C)C)=CC2=O)=CC1=O. The highest BCUT2D eigenvalue weighted by molar-refractivity contribution is 6.31. The molecule has 0 bridgehead atoms. The zero-order valence-corrected chi connectivity index (χ0v) is 14.9. The van der Waals surface area contributed by atoms with Gasteiger partial charge in [0.25, 0.3) is 0 Å². The highest BCUT2D eigenvalue weighted by Crippen LogP contribution is 2.34. The maximum absolute atomic E-state index is 12.4. The molecule has 0 atom stereocenters. The van der Waals surface area contributed by atoms with Gasteiger partial charge in [-0.05, 0) is 35.1 Å². The van der Waals surface area contributed by atoms with Crippen LogP contribution in [0.4, 0.5) is 0 Å². The molecule has 2 aliphatic carbocycles. The number of allylic oxidation sites excluding steroid dienone is 8. The Bertz CT molecular complexity index is 716. The second-order valence-corrected chi connectivity index (χ2v) is 8.19. The van der Waals surface area contributed by atoms with Crippen LogP contribution in [-0.2, 0) is 19.2 Å². The molecule has 24 heavy (non-hydrogen) atoms.